The fourth-order valence-corrected chi connectivity index (χ4v) is 1.34. The van der Waals surface area contributed by atoms with Crippen LogP contribution in [0.1, 0.15) is 10.4 Å². The molecule has 0 spiro atoms. The molecule has 0 aliphatic carbocycles. The van der Waals surface area contributed by atoms with Crippen LogP contribution < -0.4 is 0 Å². The first-order valence-electron chi connectivity index (χ1n) is 2.93. The highest BCUT2D eigenvalue weighted by Gasteiger charge is 2.12. The van der Waals surface area contributed by atoms with Gasteiger partial charge in [0.05, 0.1) is 15.1 Å². The number of rotatable bonds is 1. The van der Waals surface area contributed by atoms with E-state index in [1.54, 1.807) is 0 Å². The number of aromatic hydroxyl groups is 1. The summed E-state index contributed by atoms with van der Waals surface area (Å²) >= 11 is 8.58. The zero-order chi connectivity index (χ0) is 9.30. The normalized spacial score (nSPS) is 9.83. The maximum atomic E-state index is 10.5. The molecule has 0 radical (unpaired) electrons. The van der Waals surface area contributed by atoms with Crippen LogP contribution in [-0.4, -0.2) is 16.2 Å². The van der Waals surface area contributed by atoms with Crippen LogP contribution >= 0.6 is 27.5 Å². The van der Waals surface area contributed by atoms with Crippen molar-refractivity contribution in [1.29, 1.82) is 0 Å². The van der Waals surface area contributed by atoms with E-state index in [0.717, 1.165) is 6.07 Å². The van der Waals surface area contributed by atoms with Crippen LogP contribution in [0.15, 0.2) is 16.6 Å². The molecule has 3 nitrogen and oxygen atoms in total. The number of halogens is 2. The molecule has 0 atom stereocenters. The second-order valence-corrected chi connectivity index (χ2v) is 3.29. The van der Waals surface area contributed by atoms with Gasteiger partial charge in [0, 0.05) is 0 Å². The summed E-state index contributed by atoms with van der Waals surface area (Å²) in [6, 6.07) is 2.39. The summed E-state index contributed by atoms with van der Waals surface area (Å²) in [5, 5.41) is 17.8. The molecule has 0 amide bonds. The Morgan fingerprint density at radius 2 is 2.08 bits per heavy atom. The SMILES string of the molecule is O=C(O)c1cc(O)cc(Cl)c1Br. The molecule has 0 fully saturated rings. The van der Waals surface area contributed by atoms with Crippen molar-refractivity contribution in [3.63, 3.8) is 0 Å². The van der Waals surface area contributed by atoms with Crippen molar-refractivity contribution in [3.8, 4) is 5.75 Å². The summed E-state index contributed by atoms with van der Waals surface area (Å²) in [6.07, 6.45) is 0. The van der Waals surface area contributed by atoms with E-state index < -0.39 is 5.97 Å². The van der Waals surface area contributed by atoms with Gasteiger partial charge in [0.2, 0.25) is 0 Å². The number of phenolic OH excluding ortho intramolecular Hbond substituents is 1. The standard InChI is InChI=1S/C7H4BrClO3/c8-6-4(7(11)12)1-3(10)2-5(6)9/h1-2,10H,(H,11,12). The summed E-state index contributed by atoms with van der Waals surface area (Å²) in [7, 11) is 0. The molecule has 0 saturated heterocycles. The maximum Gasteiger partial charge on any atom is 0.337 e. The summed E-state index contributed by atoms with van der Waals surface area (Å²) in [4.78, 5) is 10.5. The number of carbonyl (C=O) groups is 1. The van der Waals surface area contributed by atoms with Crippen LogP contribution in [0.5, 0.6) is 5.75 Å². The van der Waals surface area contributed by atoms with Gasteiger partial charge in [-0.1, -0.05) is 11.6 Å². The maximum absolute atomic E-state index is 10.5. The van der Waals surface area contributed by atoms with Gasteiger partial charge in [-0.3, -0.25) is 0 Å². The monoisotopic (exact) mass is 250 g/mol. The lowest BCUT2D eigenvalue weighted by atomic mass is 10.2. The van der Waals surface area contributed by atoms with Gasteiger partial charge in [0.15, 0.2) is 0 Å². The predicted octanol–water partition coefficient (Wildman–Crippen LogP) is 2.51. The molecule has 1 rings (SSSR count). The van der Waals surface area contributed by atoms with Gasteiger partial charge < -0.3 is 10.2 Å². The molecule has 0 unspecified atom stereocenters. The zero-order valence-electron chi connectivity index (χ0n) is 5.71. The minimum absolute atomic E-state index is 0.0556. The van der Waals surface area contributed by atoms with Crippen LogP contribution in [0, 0.1) is 0 Å². The largest absolute Gasteiger partial charge is 0.508 e. The second-order valence-electron chi connectivity index (χ2n) is 2.09. The van der Waals surface area contributed by atoms with Gasteiger partial charge in [-0.15, -0.1) is 0 Å². The van der Waals surface area contributed by atoms with Crippen LogP contribution in [0.4, 0.5) is 0 Å². The molecule has 0 aromatic heterocycles. The molecule has 2 N–H and O–H groups in total. The Hall–Kier alpha value is -0.740. The molecular weight excluding hydrogens is 247 g/mol. The van der Waals surface area contributed by atoms with Gasteiger partial charge >= 0.3 is 5.97 Å². The average molecular weight is 251 g/mol. The minimum atomic E-state index is -1.14. The minimum Gasteiger partial charge on any atom is -0.508 e. The van der Waals surface area contributed by atoms with Crippen LogP contribution in [-0.2, 0) is 0 Å². The van der Waals surface area contributed by atoms with E-state index in [1.807, 2.05) is 0 Å². The third kappa shape index (κ3) is 1.70. The Labute approximate surface area is 81.7 Å². The lowest BCUT2D eigenvalue weighted by molar-refractivity contribution is 0.0695. The summed E-state index contributed by atoms with van der Waals surface area (Å²) in [6.45, 7) is 0. The quantitative estimate of drug-likeness (QED) is 0.806. The molecule has 1 aromatic rings. The van der Waals surface area contributed by atoms with Crippen molar-refractivity contribution in [2.75, 3.05) is 0 Å². The zero-order valence-corrected chi connectivity index (χ0v) is 8.06. The summed E-state index contributed by atoms with van der Waals surface area (Å²) in [5.41, 5.74) is -0.0556. The lowest BCUT2D eigenvalue weighted by Gasteiger charge is -2.01. The van der Waals surface area contributed by atoms with Gasteiger partial charge in [0.25, 0.3) is 0 Å². The Morgan fingerprint density at radius 3 is 2.58 bits per heavy atom. The lowest BCUT2D eigenvalue weighted by Crippen LogP contribution is -1.97. The van der Waals surface area contributed by atoms with Gasteiger partial charge in [-0.2, -0.15) is 0 Å². The molecule has 5 heteroatoms. The van der Waals surface area contributed by atoms with E-state index in [4.69, 9.17) is 21.8 Å². The predicted molar refractivity (Wildman–Crippen MR) is 47.8 cm³/mol. The first-order valence-corrected chi connectivity index (χ1v) is 4.10. The van der Waals surface area contributed by atoms with E-state index in [1.165, 1.54) is 6.07 Å². The highest BCUT2D eigenvalue weighted by Crippen LogP contribution is 2.30. The number of aromatic carboxylic acids is 1. The molecular formula is C7H4BrClO3. The first-order chi connectivity index (χ1) is 5.52. The molecule has 0 bridgehead atoms. The Morgan fingerprint density at radius 1 is 1.50 bits per heavy atom. The number of hydrogen-bond donors (Lipinski definition) is 2. The highest BCUT2D eigenvalue weighted by atomic mass is 79.9. The number of carboxylic acid groups (broad SMARTS) is 1. The van der Waals surface area contributed by atoms with Crippen molar-refractivity contribution in [2.24, 2.45) is 0 Å². The van der Waals surface area contributed by atoms with Gasteiger partial charge in [-0.05, 0) is 28.1 Å². The third-order valence-corrected chi connectivity index (χ3v) is 2.62. The molecule has 1 aromatic carbocycles. The molecule has 0 saturated carbocycles. The van der Waals surface area contributed by atoms with E-state index in [-0.39, 0.29) is 20.8 Å². The Kier molecular flexibility index (Phi) is 2.59. The van der Waals surface area contributed by atoms with Crippen molar-refractivity contribution in [2.45, 2.75) is 0 Å². The van der Waals surface area contributed by atoms with Crippen molar-refractivity contribution >= 4 is 33.5 Å². The van der Waals surface area contributed by atoms with Crippen LogP contribution in [0.25, 0.3) is 0 Å². The fraction of sp³-hybridized carbons (Fsp3) is 0. The molecule has 64 valence electrons. The fourth-order valence-electron chi connectivity index (χ4n) is 0.730. The number of carboxylic acids is 1. The second kappa shape index (κ2) is 3.33. The third-order valence-electron chi connectivity index (χ3n) is 1.24. The van der Waals surface area contributed by atoms with Crippen molar-refractivity contribution in [1.82, 2.24) is 0 Å². The van der Waals surface area contributed by atoms with Gasteiger partial charge in [-0.25, -0.2) is 4.79 Å². The summed E-state index contributed by atoms with van der Waals surface area (Å²) < 4.78 is 0.273. The van der Waals surface area contributed by atoms with Gasteiger partial charge in [0.1, 0.15) is 5.75 Å². The summed E-state index contributed by atoms with van der Waals surface area (Å²) in [5.74, 6) is -1.31. The van der Waals surface area contributed by atoms with Crippen LogP contribution in [0.3, 0.4) is 0 Å². The number of hydrogen-bond acceptors (Lipinski definition) is 2. The number of phenols is 1. The number of benzene rings is 1. The van der Waals surface area contributed by atoms with Crippen molar-refractivity contribution in [3.05, 3.63) is 27.2 Å². The smallest absolute Gasteiger partial charge is 0.337 e. The van der Waals surface area contributed by atoms with Crippen molar-refractivity contribution < 1.29 is 15.0 Å². The van der Waals surface area contributed by atoms with E-state index in [9.17, 15) is 4.79 Å². The van der Waals surface area contributed by atoms with E-state index in [0.29, 0.717) is 0 Å². The Bertz CT molecular complexity index is 338. The Balaban J connectivity index is 3.37. The highest BCUT2D eigenvalue weighted by molar-refractivity contribution is 9.10. The first kappa shape index (κ1) is 9.35. The van der Waals surface area contributed by atoms with E-state index in [2.05, 4.69) is 15.9 Å². The molecule has 12 heavy (non-hydrogen) atoms. The molecule has 0 aliphatic heterocycles. The molecule has 0 heterocycles. The topological polar surface area (TPSA) is 57.5 Å². The average Bonchev–Trinajstić information content (AvgIpc) is 1.96. The van der Waals surface area contributed by atoms with Crippen LogP contribution in [0.2, 0.25) is 5.02 Å². The molecule has 0 aliphatic rings. The van der Waals surface area contributed by atoms with E-state index >= 15 is 0 Å².